The highest BCUT2D eigenvalue weighted by atomic mass is 32.2. The third-order valence-corrected chi connectivity index (χ3v) is 4.53. The molecular formula is C14H20N2O4S. The first-order valence-corrected chi connectivity index (χ1v) is 8.71. The smallest absolute Gasteiger partial charge is 0.232 e. The molecule has 1 aliphatic heterocycles. The lowest BCUT2D eigenvalue weighted by Gasteiger charge is -2.28. The largest absolute Gasteiger partial charge is 0.378 e. The third kappa shape index (κ3) is 4.44. The number of rotatable bonds is 5. The van der Waals surface area contributed by atoms with Gasteiger partial charge in [-0.05, 0) is 12.1 Å². The lowest BCUT2D eigenvalue weighted by molar-refractivity contribution is -0.134. The van der Waals surface area contributed by atoms with Crippen molar-refractivity contribution < 1.29 is 17.9 Å². The Hall–Kier alpha value is -1.60. The fourth-order valence-electron chi connectivity index (χ4n) is 2.25. The first-order valence-electron chi connectivity index (χ1n) is 6.87. The van der Waals surface area contributed by atoms with E-state index in [0.717, 1.165) is 6.26 Å². The Balaban J connectivity index is 2.01. The van der Waals surface area contributed by atoms with Gasteiger partial charge in [-0.1, -0.05) is 18.2 Å². The van der Waals surface area contributed by atoms with Crippen LogP contribution in [0.2, 0.25) is 0 Å². The van der Waals surface area contributed by atoms with Crippen LogP contribution in [-0.2, 0) is 19.6 Å². The highest BCUT2D eigenvalue weighted by Crippen LogP contribution is 2.17. The summed E-state index contributed by atoms with van der Waals surface area (Å²) in [6.07, 6.45) is 1.32. The highest BCUT2D eigenvalue weighted by Gasteiger charge is 2.21. The van der Waals surface area contributed by atoms with Gasteiger partial charge in [0.2, 0.25) is 15.9 Å². The van der Waals surface area contributed by atoms with Crippen molar-refractivity contribution in [1.82, 2.24) is 4.90 Å². The number of amides is 1. The lowest BCUT2D eigenvalue weighted by atomic mass is 10.3. The number of benzene rings is 1. The van der Waals surface area contributed by atoms with Crippen LogP contribution in [0.25, 0.3) is 0 Å². The van der Waals surface area contributed by atoms with Gasteiger partial charge in [-0.25, -0.2) is 8.42 Å². The van der Waals surface area contributed by atoms with Crippen molar-refractivity contribution in [1.29, 1.82) is 0 Å². The summed E-state index contributed by atoms with van der Waals surface area (Å²) in [5, 5.41) is 0. The van der Waals surface area contributed by atoms with Gasteiger partial charge in [0.1, 0.15) is 0 Å². The van der Waals surface area contributed by atoms with E-state index in [1.165, 1.54) is 4.31 Å². The Bertz CT molecular complexity index is 568. The average Bonchev–Trinajstić information content (AvgIpc) is 2.48. The molecule has 0 bridgehead atoms. The van der Waals surface area contributed by atoms with E-state index in [9.17, 15) is 13.2 Å². The fourth-order valence-corrected chi connectivity index (χ4v) is 3.18. The predicted octanol–water partition coefficient (Wildman–Crippen LogP) is 0.702. The number of ether oxygens (including phenoxy) is 1. The monoisotopic (exact) mass is 312 g/mol. The molecule has 1 heterocycles. The molecule has 1 saturated heterocycles. The first kappa shape index (κ1) is 15.8. The number of carbonyl (C=O) groups is 1. The average molecular weight is 312 g/mol. The minimum atomic E-state index is -3.41. The SMILES string of the molecule is CS(=O)(=O)N(CCC(=O)N1CCOCC1)c1ccccc1. The quantitative estimate of drug-likeness (QED) is 0.803. The van der Waals surface area contributed by atoms with Crippen molar-refractivity contribution >= 4 is 21.6 Å². The van der Waals surface area contributed by atoms with Crippen molar-refractivity contribution in [2.75, 3.05) is 43.4 Å². The summed E-state index contributed by atoms with van der Waals surface area (Å²) < 4.78 is 30.3. The molecule has 0 spiro atoms. The molecule has 0 unspecified atom stereocenters. The summed E-state index contributed by atoms with van der Waals surface area (Å²) in [7, 11) is -3.41. The Morgan fingerprint density at radius 2 is 1.86 bits per heavy atom. The molecule has 21 heavy (non-hydrogen) atoms. The molecule has 0 saturated carbocycles. The summed E-state index contributed by atoms with van der Waals surface area (Å²) in [5.41, 5.74) is 0.578. The first-order chi connectivity index (χ1) is 9.98. The molecule has 1 fully saturated rings. The van der Waals surface area contributed by atoms with Crippen LogP contribution in [0.1, 0.15) is 6.42 Å². The van der Waals surface area contributed by atoms with Gasteiger partial charge in [-0.15, -0.1) is 0 Å². The van der Waals surface area contributed by atoms with Crippen LogP contribution >= 0.6 is 0 Å². The molecule has 0 atom stereocenters. The summed E-state index contributed by atoms with van der Waals surface area (Å²) in [4.78, 5) is 13.8. The number of para-hydroxylation sites is 1. The Morgan fingerprint density at radius 1 is 1.24 bits per heavy atom. The second-order valence-electron chi connectivity index (χ2n) is 4.91. The van der Waals surface area contributed by atoms with E-state index in [2.05, 4.69) is 0 Å². The topological polar surface area (TPSA) is 66.9 Å². The molecule has 0 N–H and O–H groups in total. The van der Waals surface area contributed by atoms with Gasteiger partial charge in [0.25, 0.3) is 0 Å². The van der Waals surface area contributed by atoms with Crippen LogP contribution in [0.4, 0.5) is 5.69 Å². The minimum Gasteiger partial charge on any atom is -0.378 e. The molecule has 1 aromatic carbocycles. The van der Waals surface area contributed by atoms with Gasteiger partial charge < -0.3 is 9.64 Å². The van der Waals surface area contributed by atoms with Crippen LogP contribution in [0, 0.1) is 0 Å². The van der Waals surface area contributed by atoms with Gasteiger partial charge in [-0.3, -0.25) is 9.10 Å². The van der Waals surface area contributed by atoms with E-state index < -0.39 is 10.0 Å². The van der Waals surface area contributed by atoms with Gasteiger partial charge in [0, 0.05) is 26.1 Å². The molecule has 116 valence electrons. The molecular weight excluding hydrogens is 292 g/mol. The third-order valence-electron chi connectivity index (χ3n) is 3.34. The van der Waals surface area contributed by atoms with Crippen molar-refractivity contribution in [3.8, 4) is 0 Å². The van der Waals surface area contributed by atoms with Gasteiger partial charge in [-0.2, -0.15) is 0 Å². The molecule has 1 aromatic rings. The van der Waals surface area contributed by atoms with Crippen molar-refractivity contribution in [2.24, 2.45) is 0 Å². The standard InChI is InChI=1S/C14H20N2O4S/c1-21(18,19)16(13-5-3-2-4-6-13)8-7-14(17)15-9-11-20-12-10-15/h2-6H,7-12H2,1H3. The summed E-state index contributed by atoms with van der Waals surface area (Å²) in [6, 6.07) is 8.82. The summed E-state index contributed by atoms with van der Waals surface area (Å²) >= 11 is 0. The molecule has 6 nitrogen and oxygen atoms in total. The van der Waals surface area contributed by atoms with Crippen LogP contribution in [0.3, 0.4) is 0 Å². The molecule has 2 rings (SSSR count). The normalized spacial score (nSPS) is 15.8. The van der Waals surface area contributed by atoms with Crippen molar-refractivity contribution in [3.05, 3.63) is 30.3 Å². The van der Waals surface area contributed by atoms with E-state index in [1.807, 2.05) is 6.07 Å². The number of anilines is 1. The fraction of sp³-hybridized carbons (Fsp3) is 0.500. The van der Waals surface area contributed by atoms with E-state index in [-0.39, 0.29) is 18.9 Å². The van der Waals surface area contributed by atoms with Crippen molar-refractivity contribution in [2.45, 2.75) is 6.42 Å². The summed E-state index contributed by atoms with van der Waals surface area (Å²) in [6.45, 7) is 2.38. The van der Waals surface area contributed by atoms with E-state index in [4.69, 9.17) is 4.74 Å². The van der Waals surface area contributed by atoms with Crippen LogP contribution in [0.15, 0.2) is 30.3 Å². The van der Waals surface area contributed by atoms with Gasteiger partial charge in [0.15, 0.2) is 0 Å². The number of hydrogen-bond donors (Lipinski definition) is 0. The lowest BCUT2D eigenvalue weighted by Crippen LogP contribution is -2.42. The maximum absolute atomic E-state index is 12.1. The van der Waals surface area contributed by atoms with Crippen LogP contribution in [-0.4, -0.2) is 58.3 Å². The molecule has 0 aromatic heterocycles. The zero-order chi connectivity index (χ0) is 15.3. The number of morpholine rings is 1. The van der Waals surface area contributed by atoms with E-state index in [0.29, 0.717) is 32.0 Å². The molecule has 1 aliphatic rings. The number of carbonyl (C=O) groups excluding carboxylic acids is 1. The zero-order valence-electron chi connectivity index (χ0n) is 12.1. The zero-order valence-corrected chi connectivity index (χ0v) is 12.9. The number of nitrogens with zero attached hydrogens (tertiary/aromatic N) is 2. The molecule has 0 radical (unpaired) electrons. The molecule has 1 amide bonds. The Morgan fingerprint density at radius 3 is 2.43 bits per heavy atom. The van der Waals surface area contributed by atoms with Gasteiger partial charge in [0.05, 0.1) is 25.2 Å². The Labute approximate surface area is 125 Å². The highest BCUT2D eigenvalue weighted by molar-refractivity contribution is 7.92. The van der Waals surface area contributed by atoms with Crippen molar-refractivity contribution in [3.63, 3.8) is 0 Å². The number of sulfonamides is 1. The summed E-state index contributed by atoms with van der Waals surface area (Å²) in [5.74, 6) is -0.0390. The molecule has 7 heteroatoms. The second-order valence-corrected chi connectivity index (χ2v) is 6.82. The van der Waals surface area contributed by atoms with E-state index >= 15 is 0 Å². The maximum Gasteiger partial charge on any atom is 0.232 e. The van der Waals surface area contributed by atoms with Gasteiger partial charge >= 0.3 is 0 Å². The Kier molecular flexibility index (Phi) is 5.19. The van der Waals surface area contributed by atoms with Crippen LogP contribution < -0.4 is 4.31 Å². The maximum atomic E-state index is 12.1. The van der Waals surface area contributed by atoms with Crippen LogP contribution in [0.5, 0.6) is 0 Å². The minimum absolute atomic E-state index is 0.0390. The predicted molar refractivity (Wildman–Crippen MR) is 80.6 cm³/mol. The molecule has 0 aliphatic carbocycles. The second kappa shape index (κ2) is 6.91. The number of hydrogen-bond acceptors (Lipinski definition) is 4. The van der Waals surface area contributed by atoms with E-state index in [1.54, 1.807) is 29.2 Å².